The average molecular weight is 348 g/mol. The van der Waals surface area contributed by atoms with Crippen LogP contribution >= 0.6 is 0 Å². The molecule has 0 atom stereocenters. The summed E-state index contributed by atoms with van der Waals surface area (Å²) in [5, 5.41) is 18.7. The number of piperidine rings is 1. The van der Waals surface area contributed by atoms with E-state index in [2.05, 4.69) is 17.0 Å². The monoisotopic (exact) mass is 348 g/mol. The van der Waals surface area contributed by atoms with E-state index in [-0.39, 0.29) is 0 Å². The zero-order valence-electron chi connectivity index (χ0n) is 15.3. The first-order valence-electron chi connectivity index (χ1n) is 9.04. The minimum atomic E-state index is -0.865. The molecule has 1 N–H and O–H groups in total. The van der Waals surface area contributed by atoms with Crippen molar-refractivity contribution in [1.82, 2.24) is 4.90 Å². The molecule has 0 aliphatic carbocycles. The molecule has 0 bridgehead atoms. The Hall–Kier alpha value is -2.64. The lowest BCUT2D eigenvalue weighted by Crippen LogP contribution is -2.33. The van der Waals surface area contributed by atoms with Crippen LogP contribution in [0.5, 0.6) is 0 Å². The third-order valence-corrected chi connectivity index (χ3v) is 5.42. The molecule has 3 rings (SSSR count). The Kier molecular flexibility index (Phi) is 5.39. The average Bonchev–Trinajstić information content (AvgIpc) is 2.64. The first-order chi connectivity index (χ1) is 12.5. The second-order valence-corrected chi connectivity index (χ2v) is 7.15. The van der Waals surface area contributed by atoms with E-state index >= 15 is 0 Å². The maximum Gasteiger partial charge on any atom is 0.335 e. The Morgan fingerprint density at radius 2 is 1.88 bits per heavy atom. The van der Waals surface area contributed by atoms with Gasteiger partial charge in [0.05, 0.1) is 17.2 Å². The highest BCUT2D eigenvalue weighted by Gasteiger charge is 2.23. The molecule has 4 heteroatoms. The fourth-order valence-corrected chi connectivity index (χ4v) is 3.90. The molecule has 26 heavy (non-hydrogen) atoms. The number of nitrogens with zero attached hydrogens (tertiary/aromatic N) is 2. The van der Waals surface area contributed by atoms with Gasteiger partial charge in [0.1, 0.15) is 0 Å². The molecule has 0 unspecified atom stereocenters. The van der Waals surface area contributed by atoms with E-state index in [9.17, 15) is 15.2 Å². The fraction of sp³-hybridized carbons (Fsp3) is 0.364. The number of aryl methyl sites for hydroxylation is 2. The van der Waals surface area contributed by atoms with Gasteiger partial charge in [-0.3, -0.25) is 4.90 Å². The zero-order valence-corrected chi connectivity index (χ0v) is 15.3. The lowest BCUT2D eigenvalue weighted by molar-refractivity contribution is 0.0696. The maximum atomic E-state index is 11.4. The van der Waals surface area contributed by atoms with Crippen LogP contribution in [0.25, 0.3) is 0 Å². The normalized spacial score (nSPS) is 15.6. The van der Waals surface area contributed by atoms with Gasteiger partial charge in [-0.25, -0.2) is 4.79 Å². The third-order valence-electron chi connectivity index (χ3n) is 5.42. The van der Waals surface area contributed by atoms with Crippen LogP contribution in [0.15, 0.2) is 36.4 Å². The van der Waals surface area contributed by atoms with Gasteiger partial charge < -0.3 is 5.11 Å². The standard InChI is InChI=1S/C22H24N2O2/c1-15-11-16(2)21(22(25)26)12-19(15)14-24-9-7-17(8-10-24)20-6-4-3-5-18(20)13-23/h3-6,11-12,17H,7-10,14H2,1-2H3,(H,25,26). The molecule has 1 saturated heterocycles. The summed E-state index contributed by atoms with van der Waals surface area (Å²) in [7, 11) is 0. The topological polar surface area (TPSA) is 64.3 Å². The Labute approximate surface area is 154 Å². The summed E-state index contributed by atoms with van der Waals surface area (Å²) in [6.07, 6.45) is 2.05. The highest BCUT2D eigenvalue weighted by Crippen LogP contribution is 2.31. The molecule has 1 aliphatic rings. The maximum absolute atomic E-state index is 11.4. The van der Waals surface area contributed by atoms with E-state index in [0.717, 1.165) is 60.3 Å². The predicted molar refractivity (Wildman–Crippen MR) is 101 cm³/mol. The second kappa shape index (κ2) is 7.72. The summed E-state index contributed by atoms with van der Waals surface area (Å²) in [6.45, 7) is 6.58. The Morgan fingerprint density at radius 1 is 1.19 bits per heavy atom. The van der Waals surface area contributed by atoms with Crippen molar-refractivity contribution in [3.63, 3.8) is 0 Å². The van der Waals surface area contributed by atoms with Crippen molar-refractivity contribution < 1.29 is 9.90 Å². The lowest BCUT2D eigenvalue weighted by atomic mass is 9.86. The Morgan fingerprint density at radius 3 is 2.54 bits per heavy atom. The third kappa shape index (κ3) is 3.79. The number of carboxylic acid groups (broad SMARTS) is 1. The summed E-state index contributed by atoms with van der Waals surface area (Å²) < 4.78 is 0. The van der Waals surface area contributed by atoms with E-state index in [4.69, 9.17) is 0 Å². The number of rotatable bonds is 4. The molecule has 4 nitrogen and oxygen atoms in total. The molecule has 134 valence electrons. The molecular formula is C22H24N2O2. The molecule has 0 amide bonds. The second-order valence-electron chi connectivity index (χ2n) is 7.15. The van der Waals surface area contributed by atoms with Crippen molar-refractivity contribution in [1.29, 1.82) is 5.26 Å². The largest absolute Gasteiger partial charge is 0.478 e. The number of carboxylic acids is 1. The highest BCUT2D eigenvalue weighted by atomic mass is 16.4. The van der Waals surface area contributed by atoms with E-state index in [0.29, 0.717) is 11.5 Å². The minimum absolute atomic E-state index is 0.392. The number of hydrogen-bond donors (Lipinski definition) is 1. The molecule has 1 aliphatic heterocycles. The molecule has 2 aromatic carbocycles. The smallest absolute Gasteiger partial charge is 0.335 e. The SMILES string of the molecule is Cc1cc(C)c(C(=O)O)cc1CN1CCC(c2ccccc2C#N)CC1. The van der Waals surface area contributed by atoms with Crippen molar-refractivity contribution in [2.45, 2.75) is 39.2 Å². The molecule has 1 fully saturated rings. The number of carbonyl (C=O) groups is 1. The summed E-state index contributed by atoms with van der Waals surface area (Å²) in [4.78, 5) is 13.8. The number of likely N-dealkylation sites (tertiary alicyclic amines) is 1. The van der Waals surface area contributed by atoms with Gasteiger partial charge in [-0.15, -0.1) is 0 Å². The molecule has 0 saturated carbocycles. The van der Waals surface area contributed by atoms with Crippen molar-refractivity contribution in [2.24, 2.45) is 0 Å². The lowest BCUT2D eigenvalue weighted by Gasteiger charge is -2.33. The van der Waals surface area contributed by atoms with Gasteiger partial charge in [0.2, 0.25) is 0 Å². The Balaban J connectivity index is 1.69. The first-order valence-corrected chi connectivity index (χ1v) is 9.04. The van der Waals surface area contributed by atoms with E-state index < -0.39 is 5.97 Å². The fourth-order valence-electron chi connectivity index (χ4n) is 3.90. The number of aromatic carboxylic acids is 1. The summed E-state index contributed by atoms with van der Waals surface area (Å²) in [5.74, 6) is -0.439. The first kappa shape index (κ1) is 18.2. The molecule has 2 aromatic rings. The van der Waals surface area contributed by atoms with Crippen LogP contribution in [0, 0.1) is 25.2 Å². The quantitative estimate of drug-likeness (QED) is 0.897. The minimum Gasteiger partial charge on any atom is -0.478 e. The van der Waals surface area contributed by atoms with Crippen molar-refractivity contribution in [3.05, 3.63) is 69.8 Å². The molecular weight excluding hydrogens is 324 g/mol. The van der Waals surface area contributed by atoms with Crippen LogP contribution < -0.4 is 0 Å². The Bertz CT molecular complexity index is 859. The van der Waals surface area contributed by atoms with Gasteiger partial charge >= 0.3 is 5.97 Å². The summed E-state index contributed by atoms with van der Waals surface area (Å²) in [6, 6.07) is 14.0. The predicted octanol–water partition coefficient (Wildman–Crippen LogP) is 4.25. The van der Waals surface area contributed by atoms with Crippen LogP contribution in [0.2, 0.25) is 0 Å². The van der Waals surface area contributed by atoms with E-state index in [1.165, 1.54) is 0 Å². The summed E-state index contributed by atoms with van der Waals surface area (Å²) >= 11 is 0. The zero-order chi connectivity index (χ0) is 18.7. The van der Waals surface area contributed by atoms with Crippen LogP contribution in [-0.2, 0) is 6.54 Å². The van der Waals surface area contributed by atoms with Crippen molar-refractivity contribution in [3.8, 4) is 6.07 Å². The van der Waals surface area contributed by atoms with Crippen LogP contribution in [0.1, 0.15) is 56.9 Å². The molecule has 1 heterocycles. The molecule has 0 aromatic heterocycles. The highest BCUT2D eigenvalue weighted by molar-refractivity contribution is 5.89. The van der Waals surface area contributed by atoms with Gasteiger partial charge in [0, 0.05) is 6.54 Å². The van der Waals surface area contributed by atoms with Crippen LogP contribution in [0.4, 0.5) is 0 Å². The number of benzene rings is 2. The van der Waals surface area contributed by atoms with Gasteiger partial charge in [0.15, 0.2) is 0 Å². The van der Waals surface area contributed by atoms with Crippen molar-refractivity contribution in [2.75, 3.05) is 13.1 Å². The summed E-state index contributed by atoms with van der Waals surface area (Å²) in [5.41, 5.74) is 5.38. The van der Waals surface area contributed by atoms with Crippen molar-refractivity contribution >= 4 is 5.97 Å². The van der Waals surface area contributed by atoms with Gasteiger partial charge in [-0.1, -0.05) is 24.3 Å². The van der Waals surface area contributed by atoms with Gasteiger partial charge in [-0.2, -0.15) is 5.26 Å². The van der Waals surface area contributed by atoms with Gasteiger partial charge in [-0.05, 0) is 80.1 Å². The van der Waals surface area contributed by atoms with Crippen LogP contribution in [-0.4, -0.2) is 29.1 Å². The van der Waals surface area contributed by atoms with Crippen LogP contribution in [0.3, 0.4) is 0 Å². The number of nitriles is 1. The molecule has 0 spiro atoms. The van der Waals surface area contributed by atoms with E-state index in [1.807, 2.05) is 44.2 Å². The van der Waals surface area contributed by atoms with E-state index in [1.54, 1.807) is 0 Å². The van der Waals surface area contributed by atoms with Gasteiger partial charge in [0.25, 0.3) is 0 Å². The molecule has 0 radical (unpaired) electrons. The number of hydrogen-bond acceptors (Lipinski definition) is 3.